The first-order valence-corrected chi connectivity index (χ1v) is 9.44. The molecule has 0 atom stereocenters. The molecule has 0 heterocycles. The van der Waals surface area contributed by atoms with Crippen molar-refractivity contribution in [3.8, 4) is 5.75 Å². The quantitative estimate of drug-likeness (QED) is 0.709. The number of sulfone groups is 1. The van der Waals surface area contributed by atoms with Crippen LogP contribution in [-0.4, -0.2) is 40.4 Å². The van der Waals surface area contributed by atoms with Gasteiger partial charge in [-0.1, -0.05) is 11.6 Å². The van der Waals surface area contributed by atoms with E-state index in [2.05, 4.69) is 5.32 Å². The molecular weight excluding hydrogens is 366 g/mol. The third kappa shape index (κ3) is 6.04. The van der Waals surface area contributed by atoms with Crippen LogP contribution < -0.4 is 10.1 Å². The van der Waals surface area contributed by atoms with Gasteiger partial charge in [-0.3, -0.25) is 4.79 Å². The molecule has 0 aliphatic carbocycles. The van der Waals surface area contributed by atoms with Crippen molar-refractivity contribution in [2.75, 3.05) is 31.4 Å². The Morgan fingerprint density at radius 3 is 2.28 bits per heavy atom. The molecule has 0 saturated carbocycles. The molecule has 0 spiro atoms. The Bertz CT molecular complexity index is 804. The van der Waals surface area contributed by atoms with Gasteiger partial charge >= 0.3 is 0 Å². The van der Waals surface area contributed by atoms with Gasteiger partial charge in [-0.05, 0) is 48.5 Å². The van der Waals surface area contributed by atoms with Crippen LogP contribution in [0.15, 0.2) is 53.4 Å². The van der Waals surface area contributed by atoms with Crippen LogP contribution in [0.25, 0.3) is 0 Å². The summed E-state index contributed by atoms with van der Waals surface area (Å²) in [5.41, 5.74) is 0.482. The second kappa shape index (κ2) is 8.84. The summed E-state index contributed by atoms with van der Waals surface area (Å²) in [6.45, 7) is 0.891. The molecule has 2 aromatic carbocycles. The lowest BCUT2D eigenvalue weighted by molar-refractivity contribution is -0.113. The smallest absolute Gasteiger partial charge is 0.239 e. The number of benzene rings is 2. The average Bonchev–Trinajstić information content (AvgIpc) is 2.56. The summed E-state index contributed by atoms with van der Waals surface area (Å²) in [5, 5.41) is 2.98. The van der Waals surface area contributed by atoms with Crippen LogP contribution in [0.4, 0.5) is 5.69 Å². The van der Waals surface area contributed by atoms with E-state index >= 15 is 0 Å². The van der Waals surface area contributed by atoms with Crippen LogP contribution in [0, 0.1) is 0 Å². The lowest BCUT2D eigenvalue weighted by Crippen LogP contribution is -2.23. The number of nitrogens with one attached hydrogen (secondary N) is 1. The van der Waals surface area contributed by atoms with Crippen LogP contribution in [0.3, 0.4) is 0 Å². The highest BCUT2D eigenvalue weighted by Gasteiger charge is 2.19. The zero-order valence-corrected chi connectivity index (χ0v) is 15.1. The molecule has 0 radical (unpaired) electrons. The summed E-state index contributed by atoms with van der Waals surface area (Å²) in [6.07, 6.45) is 0. The van der Waals surface area contributed by atoms with E-state index in [0.29, 0.717) is 29.7 Å². The van der Waals surface area contributed by atoms with E-state index < -0.39 is 21.5 Å². The molecule has 0 fully saturated rings. The molecule has 0 bridgehead atoms. The largest absolute Gasteiger partial charge is 0.491 e. The Balaban J connectivity index is 1.94. The molecule has 0 aliphatic rings. The summed E-state index contributed by atoms with van der Waals surface area (Å²) in [6, 6.07) is 12.3. The number of anilines is 1. The van der Waals surface area contributed by atoms with Gasteiger partial charge in [0.25, 0.3) is 0 Å². The second-order valence-corrected chi connectivity index (χ2v) is 7.55. The fourth-order valence-electron chi connectivity index (χ4n) is 1.97. The normalized spacial score (nSPS) is 11.1. The number of hydrogen-bond acceptors (Lipinski definition) is 5. The van der Waals surface area contributed by atoms with Gasteiger partial charge in [0.1, 0.15) is 18.1 Å². The fourth-order valence-corrected chi connectivity index (χ4v) is 3.23. The lowest BCUT2D eigenvalue weighted by atomic mass is 10.3. The molecule has 2 rings (SSSR count). The van der Waals surface area contributed by atoms with E-state index in [4.69, 9.17) is 21.1 Å². The zero-order valence-electron chi connectivity index (χ0n) is 13.6. The molecule has 2 aromatic rings. The first kappa shape index (κ1) is 19.2. The van der Waals surface area contributed by atoms with Crippen LogP contribution in [0.2, 0.25) is 5.02 Å². The Morgan fingerprint density at radius 1 is 1.04 bits per heavy atom. The van der Waals surface area contributed by atoms with E-state index in [1.165, 1.54) is 24.3 Å². The molecule has 0 saturated heterocycles. The number of carbonyl (C=O) groups excluding carboxylic acids is 1. The molecule has 0 unspecified atom stereocenters. The number of amides is 1. The monoisotopic (exact) mass is 383 g/mol. The highest BCUT2D eigenvalue weighted by Crippen LogP contribution is 2.18. The molecule has 8 heteroatoms. The van der Waals surface area contributed by atoms with Crippen LogP contribution >= 0.6 is 11.6 Å². The van der Waals surface area contributed by atoms with Crippen molar-refractivity contribution in [2.24, 2.45) is 0 Å². The maximum Gasteiger partial charge on any atom is 0.239 e. The Hall–Kier alpha value is -2.09. The minimum absolute atomic E-state index is 0.0499. The van der Waals surface area contributed by atoms with Crippen molar-refractivity contribution < 1.29 is 22.7 Å². The average molecular weight is 384 g/mol. The maximum absolute atomic E-state index is 12.2. The van der Waals surface area contributed by atoms with Gasteiger partial charge in [0.05, 0.1) is 11.5 Å². The van der Waals surface area contributed by atoms with Crippen molar-refractivity contribution in [1.82, 2.24) is 0 Å². The molecular formula is C17H18ClNO5S. The van der Waals surface area contributed by atoms with Crippen molar-refractivity contribution in [1.29, 1.82) is 0 Å². The summed E-state index contributed by atoms with van der Waals surface area (Å²) >= 11 is 5.74. The SMILES string of the molecule is COCCOc1ccc(NC(=O)CS(=O)(=O)c2ccc(Cl)cc2)cc1. The zero-order chi connectivity index (χ0) is 18.3. The minimum atomic E-state index is -3.73. The van der Waals surface area contributed by atoms with E-state index in [-0.39, 0.29) is 4.90 Å². The Morgan fingerprint density at radius 2 is 1.68 bits per heavy atom. The van der Waals surface area contributed by atoms with Gasteiger partial charge in [0.15, 0.2) is 9.84 Å². The predicted molar refractivity (Wildman–Crippen MR) is 95.9 cm³/mol. The number of carbonyl (C=O) groups is 1. The van der Waals surface area contributed by atoms with Gasteiger partial charge in [-0.2, -0.15) is 0 Å². The predicted octanol–water partition coefficient (Wildman–Crippen LogP) is 2.78. The summed E-state index contributed by atoms with van der Waals surface area (Å²) in [4.78, 5) is 12.0. The van der Waals surface area contributed by atoms with Gasteiger partial charge in [-0.15, -0.1) is 0 Å². The molecule has 134 valence electrons. The Labute approximate surface area is 151 Å². The van der Waals surface area contributed by atoms with E-state index in [1.807, 2.05) is 0 Å². The van der Waals surface area contributed by atoms with E-state index in [0.717, 1.165) is 0 Å². The van der Waals surface area contributed by atoms with Gasteiger partial charge in [-0.25, -0.2) is 8.42 Å². The molecule has 1 amide bonds. The van der Waals surface area contributed by atoms with Crippen molar-refractivity contribution in [3.05, 3.63) is 53.6 Å². The molecule has 0 aliphatic heterocycles. The van der Waals surface area contributed by atoms with Crippen LogP contribution in [-0.2, 0) is 19.4 Å². The maximum atomic E-state index is 12.2. The third-order valence-electron chi connectivity index (χ3n) is 3.19. The van der Waals surface area contributed by atoms with Crippen LogP contribution in [0.1, 0.15) is 0 Å². The first-order chi connectivity index (χ1) is 11.9. The number of halogens is 1. The van der Waals surface area contributed by atoms with Gasteiger partial charge in [0, 0.05) is 17.8 Å². The first-order valence-electron chi connectivity index (χ1n) is 7.41. The Kier molecular flexibility index (Phi) is 6.81. The van der Waals surface area contributed by atoms with Crippen molar-refractivity contribution >= 4 is 33.0 Å². The third-order valence-corrected chi connectivity index (χ3v) is 5.07. The van der Waals surface area contributed by atoms with Crippen LogP contribution in [0.5, 0.6) is 5.75 Å². The number of methoxy groups -OCH3 is 1. The summed E-state index contributed by atoms with van der Waals surface area (Å²) < 4.78 is 34.7. The van der Waals surface area contributed by atoms with Gasteiger partial charge < -0.3 is 14.8 Å². The number of rotatable bonds is 8. The highest BCUT2D eigenvalue weighted by molar-refractivity contribution is 7.92. The summed E-state index contributed by atoms with van der Waals surface area (Å²) in [7, 11) is -2.15. The topological polar surface area (TPSA) is 81.7 Å². The fraction of sp³-hybridized carbons (Fsp3) is 0.235. The molecule has 0 aromatic heterocycles. The highest BCUT2D eigenvalue weighted by atomic mass is 35.5. The molecule has 25 heavy (non-hydrogen) atoms. The lowest BCUT2D eigenvalue weighted by Gasteiger charge is -2.09. The van der Waals surface area contributed by atoms with Crippen molar-refractivity contribution in [2.45, 2.75) is 4.90 Å². The second-order valence-electron chi connectivity index (χ2n) is 5.13. The standard InChI is InChI=1S/C17H18ClNO5S/c1-23-10-11-24-15-6-4-14(5-7-15)19-17(20)12-25(21,22)16-8-2-13(18)3-9-16/h2-9H,10-12H2,1H3,(H,19,20). The van der Waals surface area contributed by atoms with E-state index in [9.17, 15) is 13.2 Å². The van der Waals surface area contributed by atoms with Crippen molar-refractivity contribution in [3.63, 3.8) is 0 Å². The van der Waals surface area contributed by atoms with E-state index in [1.54, 1.807) is 31.4 Å². The molecule has 6 nitrogen and oxygen atoms in total. The van der Waals surface area contributed by atoms with Gasteiger partial charge in [0.2, 0.25) is 5.91 Å². The summed E-state index contributed by atoms with van der Waals surface area (Å²) in [5.74, 6) is -0.646. The minimum Gasteiger partial charge on any atom is -0.491 e. The number of ether oxygens (including phenoxy) is 2. The molecule has 1 N–H and O–H groups in total. The number of hydrogen-bond donors (Lipinski definition) is 1.